The zero-order chi connectivity index (χ0) is 16.2. The highest BCUT2D eigenvalue weighted by Crippen LogP contribution is 2.32. The SMILES string of the molecule is CCOc1ccccc1-c1nc(CC(=O)NS(C)(=O)=O)cs1. The van der Waals surface area contributed by atoms with E-state index in [-0.39, 0.29) is 6.42 Å². The van der Waals surface area contributed by atoms with Gasteiger partial charge in [-0.2, -0.15) is 0 Å². The van der Waals surface area contributed by atoms with Crippen LogP contribution in [0.5, 0.6) is 5.75 Å². The molecule has 8 heteroatoms. The van der Waals surface area contributed by atoms with Crippen molar-refractivity contribution in [2.75, 3.05) is 12.9 Å². The Bertz CT molecular complexity index is 769. The molecule has 0 saturated heterocycles. The second-order valence-electron chi connectivity index (χ2n) is 4.55. The summed E-state index contributed by atoms with van der Waals surface area (Å²) < 4.78 is 29.5. The number of nitrogens with one attached hydrogen (secondary N) is 1. The number of sulfonamides is 1. The summed E-state index contributed by atoms with van der Waals surface area (Å²) >= 11 is 1.38. The second kappa shape index (κ2) is 6.89. The first-order valence-electron chi connectivity index (χ1n) is 6.56. The number of rotatable bonds is 6. The number of para-hydroxylation sites is 1. The van der Waals surface area contributed by atoms with E-state index in [2.05, 4.69) is 4.98 Å². The van der Waals surface area contributed by atoms with Crippen LogP contribution in [0.4, 0.5) is 0 Å². The molecule has 0 radical (unpaired) electrons. The van der Waals surface area contributed by atoms with E-state index in [9.17, 15) is 13.2 Å². The average molecular weight is 340 g/mol. The number of benzene rings is 1. The van der Waals surface area contributed by atoms with Crippen LogP contribution in [0.25, 0.3) is 10.6 Å². The zero-order valence-corrected chi connectivity index (χ0v) is 13.8. The first-order chi connectivity index (χ1) is 10.4. The summed E-state index contributed by atoms with van der Waals surface area (Å²) in [6, 6.07) is 7.51. The number of aromatic nitrogens is 1. The Morgan fingerprint density at radius 1 is 1.36 bits per heavy atom. The number of ether oxygens (including phenoxy) is 1. The third-order valence-corrected chi connectivity index (χ3v) is 4.13. The van der Waals surface area contributed by atoms with Crippen molar-refractivity contribution in [3.05, 3.63) is 35.3 Å². The minimum absolute atomic E-state index is 0.0830. The van der Waals surface area contributed by atoms with Crippen molar-refractivity contribution in [1.29, 1.82) is 0 Å². The average Bonchev–Trinajstić information content (AvgIpc) is 2.85. The number of hydrogen-bond acceptors (Lipinski definition) is 6. The van der Waals surface area contributed by atoms with Crippen LogP contribution in [-0.2, 0) is 21.2 Å². The van der Waals surface area contributed by atoms with Gasteiger partial charge in [0.15, 0.2) is 0 Å². The first-order valence-corrected chi connectivity index (χ1v) is 9.33. The predicted molar refractivity (Wildman–Crippen MR) is 85.4 cm³/mol. The van der Waals surface area contributed by atoms with Gasteiger partial charge in [-0.15, -0.1) is 11.3 Å². The monoisotopic (exact) mass is 340 g/mol. The van der Waals surface area contributed by atoms with Crippen molar-refractivity contribution in [1.82, 2.24) is 9.71 Å². The Balaban J connectivity index is 2.17. The molecule has 2 rings (SSSR count). The van der Waals surface area contributed by atoms with Crippen LogP contribution in [0, 0.1) is 0 Å². The molecule has 0 bridgehead atoms. The molecule has 0 unspecified atom stereocenters. The number of amides is 1. The summed E-state index contributed by atoms with van der Waals surface area (Å²) in [5.41, 5.74) is 1.37. The van der Waals surface area contributed by atoms with Gasteiger partial charge in [-0.3, -0.25) is 9.52 Å². The van der Waals surface area contributed by atoms with Gasteiger partial charge in [-0.05, 0) is 19.1 Å². The van der Waals surface area contributed by atoms with E-state index in [0.29, 0.717) is 12.3 Å². The highest BCUT2D eigenvalue weighted by atomic mass is 32.2. The molecule has 1 heterocycles. The van der Waals surface area contributed by atoms with Crippen molar-refractivity contribution in [2.24, 2.45) is 0 Å². The highest BCUT2D eigenvalue weighted by Gasteiger charge is 2.14. The topological polar surface area (TPSA) is 85.4 Å². The molecule has 1 amide bonds. The number of hydrogen-bond donors (Lipinski definition) is 1. The largest absolute Gasteiger partial charge is 0.493 e. The fourth-order valence-corrected chi connectivity index (χ4v) is 3.18. The van der Waals surface area contributed by atoms with Gasteiger partial charge in [0.1, 0.15) is 10.8 Å². The third kappa shape index (κ3) is 4.54. The summed E-state index contributed by atoms with van der Waals surface area (Å²) in [6.45, 7) is 2.45. The normalized spacial score (nSPS) is 11.2. The summed E-state index contributed by atoms with van der Waals surface area (Å²) in [7, 11) is -3.55. The molecule has 6 nitrogen and oxygen atoms in total. The lowest BCUT2D eigenvalue weighted by atomic mass is 10.2. The van der Waals surface area contributed by atoms with Crippen LogP contribution in [0.2, 0.25) is 0 Å². The van der Waals surface area contributed by atoms with Crippen molar-refractivity contribution in [3.8, 4) is 16.3 Å². The molecule has 0 aliphatic carbocycles. The maximum Gasteiger partial charge on any atom is 0.239 e. The quantitative estimate of drug-likeness (QED) is 0.867. The molecule has 0 atom stereocenters. The Hall–Kier alpha value is -1.93. The Labute approximate surface area is 133 Å². The van der Waals surface area contributed by atoms with Gasteiger partial charge in [0.25, 0.3) is 0 Å². The number of carbonyl (C=O) groups excluding carboxylic acids is 1. The molecule has 1 N–H and O–H groups in total. The third-order valence-electron chi connectivity index (χ3n) is 2.61. The van der Waals surface area contributed by atoms with Crippen LogP contribution in [0.3, 0.4) is 0 Å². The first kappa shape index (κ1) is 16.4. The molecule has 0 fully saturated rings. The summed E-state index contributed by atoms with van der Waals surface area (Å²) in [5.74, 6) is 0.129. The van der Waals surface area contributed by atoms with Gasteiger partial charge < -0.3 is 4.74 Å². The Kier molecular flexibility index (Phi) is 5.15. The Morgan fingerprint density at radius 2 is 2.09 bits per heavy atom. The molecule has 1 aromatic heterocycles. The molecule has 118 valence electrons. The van der Waals surface area contributed by atoms with Crippen LogP contribution in [-0.4, -0.2) is 32.2 Å². The van der Waals surface area contributed by atoms with E-state index in [0.717, 1.165) is 22.6 Å². The second-order valence-corrected chi connectivity index (χ2v) is 7.15. The van der Waals surface area contributed by atoms with E-state index in [4.69, 9.17) is 4.74 Å². The lowest BCUT2D eigenvalue weighted by Gasteiger charge is -2.07. The maximum absolute atomic E-state index is 11.6. The van der Waals surface area contributed by atoms with Gasteiger partial charge in [0.05, 0.1) is 30.5 Å². The van der Waals surface area contributed by atoms with E-state index in [1.807, 2.05) is 35.9 Å². The van der Waals surface area contributed by atoms with Crippen molar-refractivity contribution in [3.63, 3.8) is 0 Å². The lowest BCUT2D eigenvalue weighted by molar-refractivity contribution is -0.118. The molecule has 0 aliphatic heterocycles. The lowest BCUT2D eigenvalue weighted by Crippen LogP contribution is -2.30. The molecule has 2 aromatic rings. The van der Waals surface area contributed by atoms with Crippen LogP contribution in [0.15, 0.2) is 29.6 Å². The standard InChI is InChI=1S/C14H16N2O4S2/c1-3-20-12-7-5-4-6-11(12)14-15-10(9-21-14)8-13(17)16-22(2,18)19/h4-7,9H,3,8H2,1-2H3,(H,16,17). The zero-order valence-electron chi connectivity index (χ0n) is 12.2. The number of nitrogens with zero attached hydrogens (tertiary/aromatic N) is 1. The Morgan fingerprint density at radius 3 is 2.77 bits per heavy atom. The van der Waals surface area contributed by atoms with Crippen LogP contribution >= 0.6 is 11.3 Å². The van der Waals surface area contributed by atoms with Gasteiger partial charge >= 0.3 is 0 Å². The van der Waals surface area contributed by atoms with E-state index >= 15 is 0 Å². The fraction of sp³-hybridized carbons (Fsp3) is 0.286. The van der Waals surface area contributed by atoms with E-state index in [1.165, 1.54) is 11.3 Å². The van der Waals surface area contributed by atoms with Gasteiger partial charge in [0, 0.05) is 5.38 Å². The molecular weight excluding hydrogens is 324 g/mol. The smallest absolute Gasteiger partial charge is 0.239 e. The summed E-state index contributed by atoms with van der Waals surface area (Å²) in [6.07, 6.45) is 0.857. The van der Waals surface area contributed by atoms with Gasteiger partial charge in [-0.1, -0.05) is 12.1 Å². The molecule has 1 aromatic carbocycles. The van der Waals surface area contributed by atoms with Crippen molar-refractivity contribution >= 4 is 27.3 Å². The molecule has 0 saturated carbocycles. The summed E-state index contributed by atoms with van der Waals surface area (Å²) in [4.78, 5) is 16.0. The minimum Gasteiger partial charge on any atom is -0.493 e. The highest BCUT2D eigenvalue weighted by molar-refractivity contribution is 7.89. The molecule has 0 spiro atoms. The molecule has 22 heavy (non-hydrogen) atoms. The van der Waals surface area contributed by atoms with Gasteiger partial charge in [0.2, 0.25) is 15.9 Å². The summed E-state index contributed by atoms with van der Waals surface area (Å²) in [5, 5.41) is 2.46. The van der Waals surface area contributed by atoms with Crippen LogP contribution < -0.4 is 9.46 Å². The predicted octanol–water partition coefficient (Wildman–Crippen LogP) is 1.83. The minimum atomic E-state index is -3.55. The van der Waals surface area contributed by atoms with Gasteiger partial charge in [-0.25, -0.2) is 13.4 Å². The van der Waals surface area contributed by atoms with Crippen LogP contribution in [0.1, 0.15) is 12.6 Å². The number of carbonyl (C=O) groups is 1. The van der Waals surface area contributed by atoms with Crippen molar-refractivity contribution < 1.29 is 17.9 Å². The fourth-order valence-electron chi connectivity index (χ4n) is 1.84. The van der Waals surface area contributed by atoms with E-state index in [1.54, 1.807) is 5.38 Å². The maximum atomic E-state index is 11.6. The molecule has 0 aliphatic rings. The van der Waals surface area contributed by atoms with Crippen molar-refractivity contribution in [2.45, 2.75) is 13.3 Å². The molecular formula is C14H16N2O4S2. The van der Waals surface area contributed by atoms with E-state index < -0.39 is 15.9 Å². The number of thiazole rings is 1.